The molecule has 0 amide bonds. The van der Waals surface area contributed by atoms with Crippen molar-refractivity contribution in [2.45, 2.75) is 36.9 Å². The molecule has 10 N–H and O–H groups in total. The van der Waals surface area contributed by atoms with Gasteiger partial charge in [0.25, 0.3) is 0 Å². The lowest BCUT2D eigenvalue weighted by atomic mass is 9.71. The first-order chi connectivity index (χ1) is 21.0. The first-order valence-corrected chi connectivity index (χ1v) is 16.6. The molecule has 13 nitrogen and oxygen atoms in total. The summed E-state index contributed by atoms with van der Waals surface area (Å²) in [6.45, 7) is 0. The molecule has 0 fully saturated rings. The van der Waals surface area contributed by atoms with Crippen molar-refractivity contribution >= 4 is 20.7 Å². The molecule has 0 aliphatic carbocycles. The van der Waals surface area contributed by atoms with E-state index in [9.17, 15) is 59.3 Å². The summed E-state index contributed by atoms with van der Waals surface area (Å²) in [5.41, 5.74) is -2.54. The second-order valence-corrected chi connectivity index (χ2v) is 13.2. The predicted molar refractivity (Wildman–Crippen MR) is 161 cm³/mol. The van der Waals surface area contributed by atoms with Gasteiger partial charge in [-0.2, -0.15) is 0 Å². The molecule has 0 saturated heterocycles. The second-order valence-electron chi connectivity index (χ2n) is 10.5. The molecule has 4 rings (SSSR count). The van der Waals surface area contributed by atoms with Crippen molar-refractivity contribution in [1.82, 2.24) is 0 Å². The van der Waals surface area contributed by atoms with Crippen LogP contribution in [0.2, 0.25) is 0 Å². The Morgan fingerprint density at radius 1 is 0.756 bits per heavy atom. The Hall–Kier alpha value is -3.90. The molecule has 0 aliphatic heterocycles. The van der Waals surface area contributed by atoms with Gasteiger partial charge in [0.15, 0.2) is 0 Å². The van der Waals surface area contributed by atoms with Crippen LogP contribution in [0.3, 0.4) is 0 Å². The molecule has 0 bridgehead atoms. The van der Waals surface area contributed by atoms with Crippen LogP contribution in [0.4, 0.5) is 0 Å². The largest absolute Gasteiger partial charge is 0.524 e. The molecule has 15 heteroatoms. The number of phosphoric acid groups is 1. The van der Waals surface area contributed by atoms with Gasteiger partial charge < -0.3 is 44.9 Å². The number of phosphoric ester groups is 1. The van der Waals surface area contributed by atoms with Gasteiger partial charge in [0.2, 0.25) is 0 Å². The number of hydrogen-bond donors (Lipinski definition) is 10. The van der Waals surface area contributed by atoms with Crippen molar-refractivity contribution < 1.29 is 63.9 Å². The zero-order valence-electron chi connectivity index (χ0n) is 23.5. The van der Waals surface area contributed by atoms with Gasteiger partial charge in [0.1, 0.15) is 28.7 Å². The first kappa shape index (κ1) is 34.0. The van der Waals surface area contributed by atoms with Crippen molar-refractivity contribution in [3.05, 3.63) is 107 Å². The van der Waals surface area contributed by atoms with E-state index in [0.29, 0.717) is 5.56 Å². The number of hydrogen-bond acceptors (Lipinski definition) is 9. The molecule has 45 heavy (non-hydrogen) atoms. The monoisotopic (exact) mass is 662 g/mol. The number of phenols is 4. The lowest BCUT2D eigenvalue weighted by Crippen LogP contribution is -2.39. The number of rotatable bonds is 12. The maximum Gasteiger partial charge on any atom is 0.524 e. The quantitative estimate of drug-likeness (QED) is 0.0977. The minimum atomic E-state index is -5.17. The standard InChI is InChI=1S/C30H32O13P2/c31-20-6-1-4-18(14-20)12-13-30(36,24-16-22(33)10-11-28(24)44(37,38)39)23(19-5-2-7-21(32)15-19)17-26(35)29-25(34)8-3-9-27(29)43-45(40,41)42/h1-11,14-16,23,26,31-36H,12-13,17H2,(H2,37,38,39)(H2,40,41,42). The fourth-order valence-electron chi connectivity index (χ4n) is 5.43. The number of aromatic hydroxyl groups is 4. The SMILES string of the molecule is O=P(O)(O)Oc1cccc(O)c1C(O)CC(c1cccc(O)c1)C(O)(CCc1cccc(O)c1)c1cc(O)ccc1P(=O)(O)O. The first-order valence-electron chi connectivity index (χ1n) is 13.4. The molecule has 0 spiro atoms. The summed E-state index contributed by atoms with van der Waals surface area (Å²) in [6, 6.07) is 17.9. The summed E-state index contributed by atoms with van der Waals surface area (Å²) in [4.78, 5) is 39.3. The van der Waals surface area contributed by atoms with Crippen LogP contribution in [0, 0.1) is 0 Å². The summed E-state index contributed by atoms with van der Waals surface area (Å²) in [5.74, 6) is -3.36. The van der Waals surface area contributed by atoms with Crippen molar-refractivity contribution in [1.29, 1.82) is 0 Å². The van der Waals surface area contributed by atoms with Gasteiger partial charge in [-0.3, -0.25) is 14.4 Å². The van der Waals surface area contributed by atoms with Gasteiger partial charge in [-0.05, 0) is 85.0 Å². The van der Waals surface area contributed by atoms with Crippen molar-refractivity contribution in [3.8, 4) is 28.7 Å². The molecule has 3 unspecified atom stereocenters. The molecule has 4 aromatic rings. The van der Waals surface area contributed by atoms with Crippen LogP contribution in [-0.2, 0) is 21.2 Å². The molecule has 0 radical (unpaired) electrons. The van der Waals surface area contributed by atoms with Crippen LogP contribution in [0.1, 0.15) is 47.1 Å². The highest BCUT2D eigenvalue weighted by Gasteiger charge is 2.45. The average molecular weight is 663 g/mol. The zero-order chi connectivity index (χ0) is 33.2. The van der Waals surface area contributed by atoms with Gasteiger partial charge in [-0.1, -0.05) is 30.3 Å². The van der Waals surface area contributed by atoms with E-state index >= 15 is 0 Å². The maximum atomic E-state index is 12.7. The topological polar surface area (TPSA) is 246 Å². The van der Waals surface area contributed by atoms with Gasteiger partial charge >= 0.3 is 15.4 Å². The second kappa shape index (κ2) is 13.2. The Morgan fingerprint density at radius 3 is 2.00 bits per heavy atom. The molecule has 3 atom stereocenters. The van der Waals surface area contributed by atoms with E-state index < -0.39 is 73.1 Å². The van der Waals surface area contributed by atoms with E-state index in [0.717, 1.165) is 30.3 Å². The Morgan fingerprint density at radius 2 is 1.38 bits per heavy atom. The summed E-state index contributed by atoms with van der Waals surface area (Å²) >= 11 is 0. The smallest absolute Gasteiger partial charge is 0.508 e. The summed E-state index contributed by atoms with van der Waals surface area (Å²) in [6.07, 6.45) is -2.74. The fraction of sp³-hybridized carbons (Fsp3) is 0.200. The van der Waals surface area contributed by atoms with Crippen molar-refractivity contribution in [3.63, 3.8) is 0 Å². The number of aryl methyl sites for hydroxylation is 1. The third kappa shape index (κ3) is 8.23. The van der Waals surface area contributed by atoms with Gasteiger partial charge in [0, 0.05) is 11.5 Å². The average Bonchev–Trinajstić information content (AvgIpc) is 2.93. The molecular weight excluding hydrogens is 630 g/mol. The van der Waals surface area contributed by atoms with Crippen LogP contribution in [0.5, 0.6) is 28.7 Å². The predicted octanol–water partition coefficient (Wildman–Crippen LogP) is 3.51. The van der Waals surface area contributed by atoms with E-state index in [1.165, 1.54) is 42.5 Å². The summed E-state index contributed by atoms with van der Waals surface area (Å²) in [7, 11) is -10.3. The number of aliphatic hydroxyl groups excluding tert-OH is 1. The Bertz CT molecular complexity index is 1770. The Labute approximate surface area is 257 Å². The van der Waals surface area contributed by atoms with Crippen molar-refractivity contribution in [2.24, 2.45) is 0 Å². The van der Waals surface area contributed by atoms with E-state index in [1.807, 2.05) is 0 Å². The lowest BCUT2D eigenvalue weighted by molar-refractivity contribution is -0.0184. The van der Waals surface area contributed by atoms with E-state index in [-0.39, 0.29) is 29.9 Å². The molecule has 4 aromatic carbocycles. The molecule has 0 aliphatic rings. The number of aliphatic hydroxyl groups is 2. The highest BCUT2D eigenvalue weighted by Crippen LogP contribution is 2.51. The Balaban J connectivity index is 1.95. The molecule has 240 valence electrons. The van der Waals surface area contributed by atoms with Gasteiger partial charge in [-0.25, -0.2) is 4.57 Å². The highest BCUT2D eigenvalue weighted by atomic mass is 31.2. The highest BCUT2D eigenvalue weighted by molar-refractivity contribution is 7.60. The van der Waals surface area contributed by atoms with Crippen LogP contribution in [0.15, 0.2) is 84.9 Å². The normalized spacial score (nSPS) is 14.8. The maximum absolute atomic E-state index is 12.7. The van der Waals surface area contributed by atoms with E-state index in [1.54, 1.807) is 12.1 Å². The third-order valence-corrected chi connectivity index (χ3v) is 8.82. The summed E-state index contributed by atoms with van der Waals surface area (Å²) in [5, 5.41) is 64.9. The third-order valence-electron chi connectivity index (χ3n) is 7.37. The van der Waals surface area contributed by atoms with Crippen LogP contribution in [-0.4, -0.2) is 50.2 Å². The Kier molecular flexibility index (Phi) is 9.98. The molecule has 0 saturated carbocycles. The zero-order valence-corrected chi connectivity index (χ0v) is 25.2. The van der Waals surface area contributed by atoms with E-state index in [2.05, 4.69) is 0 Å². The van der Waals surface area contributed by atoms with E-state index in [4.69, 9.17) is 4.52 Å². The molecule has 0 heterocycles. The van der Waals surface area contributed by atoms with Gasteiger partial charge in [0.05, 0.1) is 22.6 Å². The minimum Gasteiger partial charge on any atom is -0.508 e. The minimum absolute atomic E-state index is 0.00425. The fourth-order valence-corrected chi connectivity index (χ4v) is 6.69. The number of phenolic OH excluding ortho intramolecular Hbond substituents is 4. The van der Waals surface area contributed by atoms with Crippen LogP contribution >= 0.6 is 15.4 Å². The van der Waals surface area contributed by atoms with Gasteiger partial charge in [-0.15, -0.1) is 0 Å². The van der Waals surface area contributed by atoms with Crippen LogP contribution in [0.25, 0.3) is 0 Å². The summed E-state index contributed by atoms with van der Waals surface area (Å²) < 4.78 is 29.0. The van der Waals surface area contributed by atoms with Crippen molar-refractivity contribution in [2.75, 3.05) is 0 Å². The lowest BCUT2D eigenvalue weighted by Gasteiger charge is -2.40. The molecule has 0 aromatic heterocycles. The van der Waals surface area contributed by atoms with Crippen LogP contribution < -0.4 is 9.83 Å². The molecular formula is C30H32O13P2. The number of benzene rings is 4.